The van der Waals surface area contributed by atoms with Crippen LogP contribution in [0.25, 0.3) is 0 Å². The highest BCUT2D eigenvalue weighted by Gasteiger charge is 2.30. The SMILES string of the molecule is CC[C@@H](C(=O)NC1CCCCC1)N(Cc1ccc(C)cc1)C(=O)Cc1cc(C)ccc1C. The second-order valence-electron chi connectivity index (χ2n) is 9.38. The van der Waals surface area contributed by atoms with Gasteiger partial charge in [0.05, 0.1) is 6.42 Å². The first-order chi connectivity index (χ1) is 15.4. The lowest BCUT2D eigenvalue weighted by atomic mass is 9.95. The zero-order valence-electron chi connectivity index (χ0n) is 20.1. The van der Waals surface area contributed by atoms with Gasteiger partial charge >= 0.3 is 0 Å². The molecule has 1 saturated carbocycles. The summed E-state index contributed by atoms with van der Waals surface area (Å²) in [6, 6.07) is 14.2. The maximum absolute atomic E-state index is 13.6. The van der Waals surface area contributed by atoms with Gasteiger partial charge in [0.2, 0.25) is 11.8 Å². The Morgan fingerprint density at radius 2 is 1.62 bits per heavy atom. The van der Waals surface area contributed by atoms with Crippen molar-refractivity contribution in [3.8, 4) is 0 Å². The van der Waals surface area contributed by atoms with Crippen molar-refractivity contribution in [2.45, 2.75) is 91.3 Å². The van der Waals surface area contributed by atoms with E-state index >= 15 is 0 Å². The Kier molecular flexibility index (Phi) is 8.49. The maximum Gasteiger partial charge on any atom is 0.243 e. The molecule has 0 bridgehead atoms. The Labute approximate surface area is 193 Å². The number of rotatable bonds is 8. The molecule has 1 aliphatic rings. The van der Waals surface area contributed by atoms with Gasteiger partial charge in [-0.2, -0.15) is 0 Å². The van der Waals surface area contributed by atoms with E-state index in [0.29, 0.717) is 19.4 Å². The molecule has 1 N–H and O–H groups in total. The van der Waals surface area contributed by atoms with Crippen LogP contribution in [0.5, 0.6) is 0 Å². The Morgan fingerprint density at radius 3 is 2.28 bits per heavy atom. The fourth-order valence-electron chi connectivity index (χ4n) is 4.61. The van der Waals surface area contributed by atoms with Gasteiger partial charge in [0.25, 0.3) is 0 Å². The number of nitrogens with one attached hydrogen (secondary N) is 1. The summed E-state index contributed by atoms with van der Waals surface area (Å²) in [6.45, 7) is 8.59. The van der Waals surface area contributed by atoms with Crippen molar-refractivity contribution in [3.05, 3.63) is 70.3 Å². The van der Waals surface area contributed by atoms with Gasteiger partial charge < -0.3 is 10.2 Å². The van der Waals surface area contributed by atoms with Crippen molar-refractivity contribution in [3.63, 3.8) is 0 Å². The number of hydrogen-bond donors (Lipinski definition) is 1. The Morgan fingerprint density at radius 1 is 0.969 bits per heavy atom. The van der Waals surface area contributed by atoms with Crippen molar-refractivity contribution in [1.82, 2.24) is 10.2 Å². The third-order valence-corrected chi connectivity index (χ3v) is 6.66. The van der Waals surface area contributed by atoms with Gasteiger partial charge in [0.1, 0.15) is 6.04 Å². The molecule has 2 amide bonds. The number of aryl methyl sites for hydroxylation is 3. The Hall–Kier alpha value is -2.62. The molecule has 1 aliphatic carbocycles. The molecule has 2 aromatic carbocycles. The van der Waals surface area contributed by atoms with Crippen LogP contribution in [0.3, 0.4) is 0 Å². The molecule has 2 aromatic rings. The van der Waals surface area contributed by atoms with Gasteiger partial charge in [-0.15, -0.1) is 0 Å². The van der Waals surface area contributed by atoms with Crippen molar-refractivity contribution in [1.29, 1.82) is 0 Å². The normalized spacial score (nSPS) is 15.2. The molecule has 32 heavy (non-hydrogen) atoms. The lowest BCUT2D eigenvalue weighted by Crippen LogP contribution is -2.52. The van der Waals surface area contributed by atoms with E-state index in [2.05, 4.69) is 54.7 Å². The monoisotopic (exact) mass is 434 g/mol. The van der Waals surface area contributed by atoms with Crippen LogP contribution in [0.1, 0.15) is 73.3 Å². The third-order valence-electron chi connectivity index (χ3n) is 6.66. The van der Waals surface area contributed by atoms with E-state index in [1.54, 1.807) is 4.90 Å². The molecular formula is C28H38N2O2. The first-order valence-corrected chi connectivity index (χ1v) is 12.1. The first-order valence-electron chi connectivity index (χ1n) is 12.1. The smallest absolute Gasteiger partial charge is 0.243 e. The lowest BCUT2D eigenvalue weighted by molar-refractivity contribution is -0.141. The van der Waals surface area contributed by atoms with E-state index in [0.717, 1.165) is 35.1 Å². The summed E-state index contributed by atoms with van der Waals surface area (Å²) < 4.78 is 0. The van der Waals surface area contributed by atoms with Crippen LogP contribution in [0.4, 0.5) is 0 Å². The predicted octanol–water partition coefficient (Wildman–Crippen LogP) is 5.41. The van der Waals surface area contributed by atoms with E-state index in [1.807, 2.05) is 20.8 Å². The van der Waals surface area contributed by atoms with Crippen molar-refractivity contribution in [2.75, 3.05) is 0 Å². The molecule has 4 nitrogen and oxygen atoms in total. The topological polar surface area (TPSA) is 49.4 Å². The molecule has 0 spiro atoms. The average Bonchev–Trinajstić information content (AvgIpc) is 2.78. The summed E-state index contributed by atoms with van der Waals surface area (Å²) >= 11 is 0. The van der Waals surface area contributed by atoms with Gasteiger partial charge in [0.15, 0.2) is 0 Å². The highest BCUT2D eigenvalue weighted by atomic mass is 16.2. The van der Waals surface area contributed by atoms with Gasteiger partial charge in [-0.25, -0.2) is 0 Å². The molecule has 0 radical (unpaired) electrons. The fourth-order valence-corrected chi connectivity index (χ4v) is 4.61. The fraction of sp³-hybridized carbons (Fsp3) is 0.500. The predicted molar refractivity (Wildman–Crippen MR) is 130 cm³/mol. The first kappa shape index (κ1) is 24.0. The summed E-state index contributed by atoms with van der Waals surface area (Å²) in [5, 5.41) is 3.25. The average molecular weight is 435 g/mol. The van der Waals surface area contributed by atoms with Crippen LogP contribution in [0, 0.1) is 20.8 Å². The van der Waals surface area contributed by atoms with E-state index in [4.69, 9.17) is 0 Å². The molecule has 0 aromatic heterocycles. The Balaban J connectivity index is 1.83. The minimum atomic E-state index is -0.462. The largest absolute Gasteiger partial charge is 0.352 e. The highest BCUT2D eigenvalue weighted by Crippen LogP contribution is 2.20. The van der Waals surface area contributed by atoms with Gasteiger partial charge in [-0.3, -0.25) is 9.59 Å². The lowest BCUT2D eigenvalue weighted by Gasteiger charge is -2.33. The van der Waals surface area contributed by atoms with E-state index in [-0.39, 0.29) is 17.9 Å². The number of carbonyl (C=O) groups excluding carboxylic acids is 2. The van der Waals surface area contributed by atoms with Crippen LogP contribution in [0.15, 0.2) is 42.5 Å². The second-order valence-corrected chi connectivity index (χ2v) is 9.38. The molecule has 1 atom stereocenters. The quantitative estimate of drug-likeness (QED) is 0.604. The van der Waals surface area contributed by atoms with Crippen LogP contribution in [-0.4, -0.2) is 28.8 Å². The molecule has 1 fully saturated rings. The highest BCUT2D eigenvalue weighted by molar-refractivity contribution is 5.88. The molecular weight excluding hydrogens is 396 g/mol. The van der Waals surface area contributed by atoms with Crippen LogP contribution >= 0.6 is 0 Å². The van der Waals surface area contributed by atoms with Crippen LogP contribution < -0.4 is 5.32 Å². The van der Waals surface area contributed by atoms with Gasteiger partial charge in [-0.1, -0.05) is 79.8 Å². The van der Waals surface area contributed by atoms with Crippen molar-refractivity contribution < 1.29 is 9.59 Å². The van der Waals surface area contributed by atoms with Crippen LogP contribution in [-0.2, 0) is 22.6 Å². The molecule has 0 heterocycles. The molecule has 172 valence electrons. The van der Waals surface area contributed by atoms with E-state index in [9.17, 15) is 9.59 Å². The summed E-state index contributed by atoms with van der Waals surface area (Å²) in [6.07, 6.45) is 6.57. The Bertz CT molecular complexity index is 914. The summed E-state index contributed by atoms with van der Waals surface area (Å²) in [5.41, 5.74) is 5.52. The third kappa shape index (κ3) is 6.44. The van der Waals surface area contributed by atoms with E-state index < -0.39 is 6.04 Å². The van der Waals surface area contributed by atoms with Crippen molar-refractivity contribution in [2.24, 2.45) is 0 Å². The maximum atomic E-state index is 13.6. The van der Waals surface area contributed by atoms with Crippen molar-refractivity contribution >= 4 is 11.8 Å². The summed E-state index contributed by atoms with van der Waals surface area (Å²) in [5.74, 6) is -0.00857. The number of amides is 2. The number of nitrogens with zero attached hydrogens (tertiary/aromatic N) is 1. The standard InChI is InChI=1S/C28H38N2O2/c1-5-26(28(32)29-25-9-7-6-8-10-25)30(19-23-15-12-20(2)13-16-23)27(31)18-24-17-21(3)11-14-22(24)4/h11-17,25-26H,5-10,18-19H2,1-4H3,(H,29,32)/t26-/m0/s1. The van der Waals surface area contributed by atoms with Crippen LogP contribution in [0.2, 0.25) is 0 Å². The minimum Gasteiger partial charge on any atom is -0.352 e. The summed E-state index contributed by atoms with van der Waals surface area (Å²) in [7, 11) is 0. The molecule has 0 saturated heterocycles. The number of benzene rings is 2. The molecule has 0 aliphatic heterocycles. The van der Waals surface area contributed by atoms with E-state index in [1.165, 1.54) is 24.8 Å². The second kappa shape index (κ2) is 11.3. The zero-order chi connectivity index (χ0) is 23.1. The molecule has 4 heteroatoms. The zero-order valence-corrected chi connectivity index (χ0v) is 20.1. The molecule has 0 unspecified atom stereocenters. The number of carbonyl (C=O) groups is 2. The summed E-state index contributed by atoms with van der Waals surface area (Å²) in [4.78, 5) is 28.7. The van der Waals surface area contributed by atoms with Gasteiger partial charge in [-0.05, 0) is 56.7 Å². The van der Waals surface area contributed by atoms with Gasteiger partial charge in [0, 0.05) is 12.6 Å². The molecule has 3 rings (SSSR count). The number of hydrogen-bond acceptors (Lipinski definition) is 2. The minimum absolute atomic E-state index is 0.00455.